The number of aryl methyl sites for hydroxylation is 1. The highest BCUT2D eigenvalue weighted by atomic mass is 32.1. The number of hydrogen-bond donors (Lipinski definition) is 2. The Balaban J connectivity index is 1.73. The van der Waals surface area contributed by atoms with Crippen LogP contribution in [0.5, 0.6) is 5.75 Å². The molecule has 0 unspecified atom stereocenters. The number of aromatic nitrogens is 1. The van der Waals surface area contributed by atoms with Crippen molar-refractivity contribution in [3.05, 3.63) is 63.3 Å². The number of carboxylic acid groups (broad SMARTS) is 1. The van der Waals surface area contributed by atoms with Crippen molar-refractivity contribution < 1.29 is 14.6 Å². The van der Waals surface area contributed by atoms with Crippen LogP contribution in [0.25, 0.3) is 32.1 Å². The standard InChI is InChI=1S/C25H24N2O4S/c1-14-13-18(31-3)19(20-17-9-12-32-22(17)23(28)26-21(14)20)15-5-7-16(8-6-15)25(10-4-11-25)27(2)24(29)30/h5-9,12-13H,4,10-11H2,1-3H3,(H,26,28)(H,29,30). The SMILES string of the molecule is COc1cc(C)c2[nH]c(=O)c3sccc3c2c1-c1ccc(C2(N(C)C(=O)O)CCC2)cc1. The normalized spacial score (nSPS) is 15.0. The van der Waals surface area contributed by atoms with Crippen molar-refractivity contribution >= 4 is 38.4 Å². The van der Waals surface area contributed by atoms with Gasteiger partial charge in [0, 0.05) is 23.4 Å². The summed E-state index contributed by atoms with van der Waals surface area (Å²) in [5, 5.41) is 13.4. The zero-order valence-corrected chi connectivity index (χ0v) is 19.0. The maximum Gasteiger partial charge on any atom is 0.407 e. The number of H-pyrrole nitrogens is 1. The second kappa shape index (κ2) is 7.38. The predicted octanol–water partition coefficient (Wildman–Crippen LogP) is 5.72. The van der Waals surface area contributed by atoms with Crippen LogP contribution in [0.1, 0.15) is 30.4 Å². The van der Waals surface area contributed by atoms with Crippen molar-refractivity contribution in [2.75, 3.05) is 14.2 Å². The van der Waals surface area contributed by atoms with Gasteiger partial charge in [-0.25, -0.2) is 4.79 Å². The molecule has 6 nitrogen and oxygen atoms in total. The van der Waals surface area contributed by atoms with Gasteiger partial charge in [-0.2, -0.15) is 0 Å². The van der Waals surface area contributed by atoms with E-state index in [1.165, 1.54) is 16.2 Å². The van der Waals surface area contributed by atoms with Gasteiger partial charge in [0.15, 0.2) is 0 Å². The monoisotopic (exact) mass is 448 g/mol. The van der Waals surface area contributed by atoms with E-state index in [0.717, 1.165) is 63.6 Å². The number of thiophene rings is 1. The number of pyridine rings is 1. The number of rotatable bonds is 4. The summed E-state index contributed by atoms with van der Waals surface area (Å²) in [5.41, 5.74) is 4.09. The molecule has 2 aromatic carbocycles. The van der Waals surface area contributed by atoms with Crippen LogP contribution in [0.2, 0.25) is 0 Å². The van der Waals surface area contributed by atoms with E-state index in [2.05, 4.69) is 4.98 Å². The van der Waals surface area contributed by atoms with E-state index in [4.69, 9.17) is 4.74 Å². The summed E-state index contributed by atoms with van der Waals surface area (Å²) in [6, 6.07) is 12.0. The quantitative estimate of drug-likeness (QED) is 0.419. The maximum atomic E-state index is 12.6. The number of hydrogen-bond acceptors (Lipinski definition) is 4. The molecule has 1 fully saturated rings. The van der Waals surface area contributed by atoms with Crippen molar-refractivity contribution in [3.8, 4) is 16.9 Å². The lowest BCUT2D eigenvalue weighted by Crippen LogP contribution is -2.51. The molecule has 4 aromatic rings. The van der Waals surface area contributed by atoms with Crippen molar-refractivity contribution in [2.45, 2.75) is 31.7 Å². The van der Waals surface area contributed by atoms with Gasteiger partial charge in [0.2, 0.25) is 0 Å². The fourth-order valence-corrected chi connectivity index (χ4v) is 5.77. The first kappa shape index (κ1) is 20.6. The van der Waals surface area contributed by atoms with Gasteiger partial charge in [-0.05, 0) is 60.4 Å². The number of amides is 1. The number of benzene rings is 2. The first-order chi connectivity index (χ1) is 15.4. The minimum absolute atomic E-state index is 0.0827. The summed E-state index contributed by atoms with van der Waals surface area (Å²) in [7, 11) is 3.30. The number of aromatic amines is 1. The van der Waals surface area contributed by atoms with Gasteiger partial charge in [0.1, 0.15) is 10.4 Å². The lowest BCUT2D eigenvalue weighted by atomic mass is 9.70. The molecule has 0 aliphatic heterocycles. The fourth-order valence-electron chi connectivity index (χ4n) is 4.98. The molecule has 7 heteroatoms. The van der Waals surface area contributed by atoms with Crippen LogP contribution in [0, 0.1) is 6.92 Å². The molecule has 2 heterocycles. The second-order valence-corrected chi connectivity index (χ2v) is 9.36. The zero-order chi connectivity index (χ0) is 22.6. The van der Waals surface area contributed by atoms with Crippen molar-refractivity contribution in [1.29, 1.82) is 0 Å². The lowest BCUT2D eigenvalue weighted by Gasteiger charge is -2.47. The molecule has 2 N–H and O–H groups in total. The van der Waals surface area contributed by atoms with Gasteiger partial charge >= 0.3 is 6.09 Å². The molecule has 164 valence electrons. The molecule has 1 aliphatic rings. The minimum Gasteiger partial charge on any atom is -0.496 e. The Labute approximate surface area is 189 Å². The van der Waals surface area contributed by atoms with Crippen LogP contribution in [0.15, 0.2) is 46.6 Å². The Morgan fingerprint density at radius 1 is 1.22 bits per heavy atom. The molecule has 5 rings (SSSR count). The fraction of sp³-hybridized carbons (Fsp3) is 0.280. The zero-order valence-electron chi connectivity index (χ0n) is 18.2. The van der Waals surface area contributed by atoms with E-state index < -0.39 is 11.6 Å². The van der Waals surface area contributed by atoms with Gasteiger partial charge in [0.25, 0.3) is 5.56 Å². The number of nitrogens with zero attached hydrogens (tertiary/aromatic N) is 1. The molecule has 0 bridgehead atoms. The van der Waals surface area contributed by atoms with Crippen LogP contribution in [-0.4, -0.2) is 35.2 Å². The summed E-state index contributed by atoms with van der Waals surface area (Å²) in [6.07, 6.45) is 1.74. The summed E-state index contributed by atoms with van der Waals surface area (Å²) in [4.78, 5) is 28.8. The van der Waals surface area contributed by atoms with Crippen molar-refractivity contribution in [3.63, 3.8) is 0 Å². The smallest absolute Gasteiger partial charge is 0.407 e. The first-order valence-corrected chi connectivity index (χ1v) is 11.4. The highest BCUT2D eigenvalue weighted by Crippen LogP contribution is 2.47. The molecule has 1 amide bonds. The Kier molecular flexibility index (Phi) is 4.74. The molecule has 0 saturated heterocycles. The number of carbonyl (C=O) groups is 1. The topological polar surface area (TPSA) is 82.6 Å². The van der Waals surface area contributed by atoms with E-state index in [1.807, 2.05) is 48.7 Å². The van der Waals surface area contributed by atoms with E-state index in [9.17, 15) is 14.7 Å². The van der Waals surface area contributed by atoms with Gasteiger partial charge in [-0.1, -0.05) is 24.3 Å². The molecule has 1 saturated carbocycles. The average Bonchev–Trinajstić information content (AvgIpc) is 3.25. The molecular weight excluding hydrogens is 424 g/mol. The molecule has 0 radical (unpaired) electrons. The Bertz CT molecular complexity index is 1410. The summed E-state index contributed by atoms with van der Waals surface area (Å²) in [5.74, 6) is 0.739. The summed E-state index contributed by atoms with van der Waals surface area (Å²) in [6.45, 7) is 1.97. The molecule has 2 aromatic heterocycles. The van der Waals surface area contributed by atoms with Gasteiger partial charge in [0.05, 0.1) is 18.2 Å². The van der Waals surface area contributed by atoms with Crippen LogP contribution in [0.3, 0.4) is 0 Å². The second-order valence-electron chi connectivity index (χ2n) is 8.44. The molecule has 1 aliphatic carbocycles. The lowest BCUT2D eigenvalue weighted by molar-refractivity contribution is 0.0378. The average molecular weight is 449 g/mol. The van der Waals surface area contributed by atoms with Crippen LogP contribution in [0.4, 0.5) is 4.79 Å². The van der Waals surface area contributed by atoms with E-state index >= 15 is 0 Å². The number of ether oxygens (including phenoxy) is 1. The first-order valence-electron chi connectivity index (χ1n) is 10.6. The predicted molar refractivity (Wildman–Crippen MR) is 128 cm³/mol. The van der Waals surface area contributed by atoms with Gasteiger partial charge in [-0.3, -0.25) is 4.79 Å². The number of methoxy groups -OCH3 is 1. The Morgan fingerprint density at radius 2 is 1.94 bits per heavy atom. The molecule has 0 atom stereocenters. The van der Waals surface area contributed by atoms with E-state index in [0.29, 0.717) is 4.70 Å². The van der Waals surface area contributed by atoms with E-state index in [1.54, 1.807) is 14.2 Å². The largest absolute Gasteiger partial charge is 0.496 e. The maximum absolute atomic E-state index is 12.6. The molecule has 0 spiro atoms. The summed E-state index contributed by atoms with van der Waals surface area (Å²) >= 11 is 1.43. The molecular formula is C25H24N2O4S. The molecule has 32 heavy (non-hydrogen) atoms. The number of nitrogens with one attached hydrogen (secondary N) is 1. The van der Waals surface area contributed by atoms with E-state index in [-0.39, 0.29) is 5.56 Å². The summed E-state index contributed by atoms with van der Waals surface area (Å²) < 4.78 is 6.46. The Hall–Kier alpha value is -3.32. The highest BCUT2D eigenvalue weighted by molar-refractivity contribution is 7.17. The van der Waals surface area contributed by atoms with Gasteiger partial charge in [-0.15, -0.1) is 11.3 Å². The van der Waals surface area contributed by atoms with Crippen LogP contribution >= 0.6 is 11.3 Å². The van der Waals surface area contributed by atoms with Crippen LogP contribution in [-0.2, 0) is 5.54 Å². The Morgan fingerprint density at radius 3 is 2.53 bits per heavy atom. The third-order valence-corrected chi connectivity index (χ3v) is 7.82. The van der Waals surface area contributed by atoms with Crippen molar-refractivity contribution in [2.24, 2.45) is 0 Å². The van der Waals surface area contributed by atoms with Gasteiger partial charge < -0.3 is 19.7 Å². The van der Waals surface area contributed by atoms with Crippen molar-refractivity contribution in [1.82, 2.24) is 9.88 Å². The third-order valence-electron chi connectivity index (χ3n) is 6.91. The third kappa shape index (κ3) is 2.84. The highest BCUT2D eigenvalue weighted by Gasteiger charge is 2.44. The minimum atomic E-state index is -0.913. The van der Waals surface area contributed by atoms with Crippen LogP contribution < -0.4 is 10.3 Å². The number of fused-ring (bicyclic) bond motifs is 3.